The van der Waals surface area contributed by atoms with Crippen LogP contribution in [0.3, 0.4) is 0 Å². The minimum absolute atomic E-state index is 0.0866. The van der Waals surface area contributed by atoms with Crippen LogP contribution >= 0.6 is 11.8 Å². The van der Waals surface area contributed by atoms with Crippen LogP contribution in [0.5, 0.6) is 5.75 Å². The Bertz CT molecular complexity index is 999. The van der Waals surface area contributed by atoms with Gasteiger partial charge in [0.15, 0.2) is 17.7 Å². The van der Waals surface area contributed by atoms with Gasteiger partial charge in [-0.25, -0.2) is 8.78 Å². The van der Waals surface area contributed by atoms with Gasteiger partial charge in [-0.15, -0.1) is 10.2 Å². The normalized spacial score (nSPS) is 11.9. The highest BCUT2D eigenvalue weighted by molar-refractivity contribution is 7.99. The number of thioether (sulfide) groups is 1. The SMILES string of the molecule is CCN(Cc1cccc(F)c1)C(=O)CSc1nnc(C(C)Oc2ccccc2F)o1. The molecule has 0 fully saturated rings. The standard InChI is InChI=1S/C21H21F2N3O3S/c1-3-26(12-15-7-6-8-16(22)11-15)19(27)13-30-21-25-24-20(29-21)14(2)28-18-10-5-4-9-17(18)23/h4-11,14H,3,12-13H2,1-2H3. The van der Waals surface area contributed by atoms with Gasteiger partial charge in [0, 0.05) is 13.1 Å². The average Bonchev–Trinajstić information content (AvgIpc) is 3.21. The summed E-state index contributed by atoms with van der Waals surface area (Å²) in [5.41, 5.74) is 0.717. The zero-order valence-corrected chi connectivity index (χ0v) is 17.4. The first-order valence-electron chi connectivity index (χ1n) is 9.36. The monoisotopic (exact) mass is 433 g/mol. The fourth-order valence-corrected chi connectivity index (χ4v) is 3.34. The van der Waals surface area contributed by atoms with Crippen LogP contribution in [0.2, 0.25) is 0 Å². The van der Waals surface area contributed by atoms with Crippen LogP contribution in [0.1, 0.15) is 31.4 Å². The van der Waals surface area contributed by atoms with E-state index in [-0.39, 0.29) is 34.3 Å². The van der Waals surface area contributed by atoms with Crippen LogP contribution in [-0.2, 0) is 11.3 Å². The molecule has 3 rings (SSSR count). The molecule has 0 saturated heterocycles. The number of carbonyl (C=O) groups is 1. The Hall–Kier alpha value is -2.94. The average molecular weight is 433 g/mol. The number of ether oxygens (including phenoxy) is 1. The van der Waals surface area contributed by atoms with Crippen molar-refractivity contribution in [3.8, 4) is 5.75 Å². The molecule has 1 heterocycles. The molecular formula is C21H21F2N3O3S. The van der Waals surface area contributed by atoms with Gasteiger partial charge in [-0.1, -0.05) is 36.0 Å². The maximum atomic E-state index is 13.7. The topological polar surface area (TPSA) is 68.5 Å². The van der Waals surface area contributed by atoms with E-state index < -0.39 is 11.9 Å². The van der Waals surface area contributed by atoms with E-state index in [0.717, 1.165) is 17.3 Å². The number of hydrogen-bond donors (Lipinski definition) is 0. The molecule has 0 bridgehead atoms. The lowest BCUT2D eigenvalue weighted by molar-refractivity contribution is -0.128. The van der Waals surface area contributed by atoms with E-state index in [0.29, 0.717) is 13.1 Å². The molecule has 1 unspecified atom stereocenters. The lowest BCUT2D eigenvalue weighted by Crippen LogP contribution is -2.31. The molecule has 3 aromatic rings. The van der Waals surface area contributed by atoms with E-state index in [1.807, 2.05) is 6.92 Å². The third kappa shape index (κ3) is 5.79. The van der Waals surface area contributed by atoms with Crippen molar-refractivity contribution < 1.29 is 22.7 Å². The van der Waals surface area contributed by atoms with E-state index >= 15 is 0 Å². The molecule has 0 aliphatic heterocycles. The minimum Gasteiger partial charge on any atom is -0.478 e. The third-order valence-electron chi connectivity index (χ3n) is 4.23. The molecule has 2 aromatic carbocycles. The molecule has 0 radical (unpaired) electrons. The van der Waals surface area contributed by atoms with Crippen molar-refractivity contribution in [2.75, 3.05) is 12.3 Å². The number of nitrogens with zero attached hydrogens (tertiary/aromatic N) is 3. The summed E-state index contributed by atoms with van der Waals surface area (Å²) in [5.74, 6) is -0.601. The number of benzene rings is 2. The summed E-state index contributed by atoms with van der Waals surface area (Å²) >= 11 is 1.10. The number of carbonyl (C=O) groups excluding carboxylic acids is 1. The van der Waals surface area contributed by atoms with E-state index in [9.17, 15) is 13.6 Å². The van der Waals surface area contributed by atoms with Gasteiger partial charge in [0.2, 0.25) is 5.91 Å². The van der Waals surface area contributed by atoms with Gasteiger partial charge in [0.25, 0.3) is 11.1 Å². The quantitative estimate of drug-likeness (QED) is 0.459. The summed E-state index contributed by atoms with van der Waals surface area (Å²) in [6, 6.07) is 12.2. The molecular weight excluding hydrogens is 412 g/mol. The first-order valence-corrected chi connectivity index (χ1v) is 10.3. The molecule has 0 N–H and O–H groups in total. The van der Waals surface area contributed by atoms with Crippen molar-refractivity contribution in [3.63, 3.8) is 0 Å². The molecule has 1 aromatic heterocycles. The van der Waals surface area contributed by atoms with Crippen LogP contribution in [-0.4, -0.2) is 33.3 Å². The zero-order chi connectivity index (χ0) is 21.5. The summed E-state index contributed by atoms with van der Waals surface area (Å²) in [5, 5.41) is 8.03. The highest BCUT2D eigenvalue weighted by Crippen LogP contribution is 2.25. The summed E-state index contributed by atoms with van der Waals surface area (Å²) in [4.78, 5) is 14.1. The number of para-hydroxylation sites is 1. The Morgan fingerprint density at radius 1 is 1.20 bits per heavy atom. The molecule has 0 spiro atoms. The predicted octanol–water partition coefficient (Wildman–Crippen LogP) is 4.63. The minimum atomic E-state index is -0.653. The molecule has 0 aliphatic rings. The van der Waals surface area contributed by atoms with E-state index in [1.54, 1.807) is 36.1 Å². The molecule has 0 saturated carbocycles. The number of aromatic nitrogens is 2. The molecule has 0 aliphatic carbocycles. The smallest absolute Gasteiger partial charge is 0.277 e. The van der Waals surface area contributed by atoms with Crippen molar-refractivity contribution in [1.29, 1.82) is 0 Å². The van der Waals surface area contributed by atoms with Crippen molar-refractivity contribution in [3.05, 3.63) is 71.6 Å². The van der Waals surface area contributed by atoms with Crippen LogP contribution < -0.4 is 4.74 Å². The summed E-state index contributed by atoms with van der Waals surface area (Å²) in [7, 11) is 0. The number of hydrogen-bond acceptors (Lipinski definition) is 6. The maximum Gasteiger partial charge on any atom is 0.277 e. The Kier molecular flexibility index (Phi) is 7.40. The number of rotatable bonds is 9. The zero-order valence-electron chi connectivity index (χ0n) is 16.5. The first kappa shape index (κ1) is 21.8. The van der Waals surface area contributed by atoms with Crippen LogP contribution in [0.15, 0.2) is 58.2 Å². The van der Waals surface area contributed by atoms with Gasteiger partial charge < -0.3 is 14.1 Å². The largest absolute Gasteiger partial charge is 0.478 e. The number of amides is 1. The highest BCUT2D eigenvalue weighted by Gasteiger charge is 2.19. The highest BCUT2D eigenvalue weighted by atomic mass is 32.2. The van der Waals surface area contributed by atoms with Gasteiger partial charge >= 0.3 is 0 Å². The van der Waals surface area contributed by atoms with Crippen molar-refractivity contribution in [2.45, 2.75) is 31.7 Å². The number of halogens is 2. The van der Waals surface area contributed by atoms with Gasteiger partial charge in [0.1, 0.15) is 5.82 Å². The van der Waals surface area contributed by atoms with Gasteiger partial charge in [-0.3, -0.25) is 4.79 Å². The second-order valence-corrected chi connectivity index (χ2v) is 7.35. The Morgan fingerprint density at radius 3 is 2.73 bits per heavy atom. The molecule has 6 nitrogen and oxygen atoms in total. The van der Waals surface area contributed by atoms with Crippen molar-refractivity contribution in [1.82, 2.24) is 15.1 Å². The fourth-order valence-electron chi connectivity index (χ4n) is 2.67. The van der Waals surface area contributed by atoms with Crippen molar-refractivity contribution >= 4 is 17.7 Å². The molecule has 1 amide bonds. The van der Waals surface area contributed by atoms with E-state index in [1.165, 1.54) is 24.3 Å². The van der Waals surface area contributed by atoms with Gasteiger partial charge in [-0.05, 0) is 43.7 Å². The second-order valence-electron chi connectivity index (χ2n) is 6.42. The van der Waals surface area contributed by atoms with Crippen molar-refractivity contribution in [2.24, 2.45) is 0 Å². The molecule has 30 heavy (non-hydrogen) atoms. The third-order valence-corrected chi connectivity index (χ3v) is 5.03. The summed E-state index contributed by atoms with van der Waals surface area (Å²) in [6.07, 6.45) is -0.653. The summed E-state index contributed by atoms with van der Waals surface area (Å²) < 4.78 is 38.1. The van der Waals surface area contributed by atoms with Gasteiger partial charge in [-0.2, -0.15) is 0 Å². The second kappa shape index (κ2) is 10.2. The Labute approximate surface area is 177 Å². The molecule has 9 heteroatoms. The predicted molar refractivity (Wildman–Crippen MR) is 108 cm³/mol. The summed E-state index contributed by atoms with van der Waals surface area (Å²) in [6.45, 7) is 4.32. The molecule has 158 valence electrons. The lowest BCUT2D eigenvalue weighted by Gasteiger charge is -2.20. The van der Waals surface area contributed by atoms with Gasteiger partial charge in [0.05, 0.1) is 5.75 Å². The first-order chi connectivity index (χ1) is 14.5. The van der Waals surface area contributed by atoms with Crippen LogP contribution in [0.4, 0.5) is 8.78 Å². The maximum absolute atomic E-state index is 13.7. The lowest BCUT2D eigenvalue weighted by atomic mass is 10.2. The van der Waals surface area contributed by atoms with E-state index in [2.05, 4.69) is 10.2 Å². The van der Waals surface area contributed by atoms with Crippen LogP contribution in [0, 0.1) is 11.6 Å². The van der Waals surface area contributed by atoms with Crippen LogP contribution in [0.25, 0.3) is 0 Å². The fraction of sp³-hybridized carbons (Fsp3) is 0.286. The Balaban J connectivity index is 1.54. The molecule has 1 atom stereocenters. The Morgan fingerprint density at radius 2 is 2.00 bits per heavy atom. The van der Waals surface area contributed by atoms with E-state index in [4.69, 9.17) is 9.15 Å².